The third-order valence-electron chi connectivity index (χ3n) is 9.62. The van der Waals surface area contributed by atoms with Crippen molar-refractivity contribution in [1.82, 2.24) is 24.8 Å². The van der Waals surface area contributed by atoms with Gasteiger partial charge in [-0.3, -0.25) is 9.78 Å². The van der Waals surface area contributed by atoms with Crippen LogP contribution in [0.3, 0.4) is 0 Å². The number of nitrogens with zero attached hydrogens (tertiary/aromatic N) is 5. The molecule has 2 N–H and O–H groups in total. The van der Waals surface area contributed by atoms with E-state index in [0.29, 0.717) is 67.1 Å². The Bertz CT molecular complexity index is 1780. The number of carboxylic acid groups (broad SMARTS) is 1. The van der Waals surface area contributed by atoms with E-state index in [1.165, 1.54) is 6.20 Å². The van der Waals surface area contributed by atoms with Crippen LogP contribution in [0, 0.1) is 11.2 Å². The molecule has 2 fully saturated rings. The smallest absolute Gasteiger partial charge is 0.416 e. The molecule has 48 heavy (non-hydrogen) atoms. The number of piperidine rings is 1. The van der Waals surface area contributed by atoms with Crippen LogP contribution < -0.4 is 4.90 Å². The third-order valence-corrected chi connectivity index (χ3v) is 9.62. The molecule has 0 spiro atoms. The van der Waals surface area contributed by atoms with Crippen molar-refractivity contribution in [1.29, 1.82) is 0 Å². The maximum Gasteiger partial charge on any atom is 0.416 e. The second-order valence-electron chi connectivity index (χ2n) is 13.1. The molecule has 256 valence electrons. The Hall–Kier alpha value is -4.17. The number of halogens is 5. The lowest BCUT2D eigenvalue weighted by Gasteiger charge is -2.44. The van der Waals surface area contributed by atoms with E-state index in [0.717, 1.165) is 31.4 Å². The van der Waals surface area contributed by atoms with Crippen LogP contribution in [0.5, 0.6) is 0 Å². The fourth-order valence-electron chi connectivity index (χ4n) is 6.83. The molecular weight excluding hydrogens is 635 g/mol. The molecular formula is C34H37F5N6O3. The van der Waals surface area contributed by atoms with Crippen LogP contribution in [0.2, 0.25) is 0 Å². The molecule has 4 aromatic rings. The standard InChI is InChI=1S/C34H37F5N6O3/c1-44(19-32(20-48-2)7-3-8-32)27-17-26(21-14-23(34(37,38)39)16-24(35)15-21)41-31-29(27)42-30(43-31)25-5-4-22(18-40-25)33(36)9-12-45(13-10-33)11-6-28(46)47/h4-5,14-18H,3,6-13,19-20H2,1-2H3,(H,46,47)(H,41,42,43). The highest BCUT2D eigenvalue weighted by atomic mass is 19.4. The first kappa shape index (κ1) is 33.7. The lowest BCUT2D eigenvalue weighted by atomic mass is 9.69. The van der Waals surface area contributed by atoms with E-state index in [4.69, 9.17) is 9.84 Å². The van der Waals surface area contributed by atoms with Gasteiger partial charge in [-0.1, -0.05) is 12.5 Å². The summed E-state index contributed by atoms with van der Waals surface area (Å²) in [4.78, 5) is 31.8. The molecule has 6 rings (SSSR count). The van der Waals surface area contributed by atoms with Crippen LogP contribution in [-0.2, 0) is 21.4 Å². The number of hydrogen-bond acceptors (Lipinski definition) is 7. The van der Waals surface area contributed by atoms with Gasteiger partial charge in [0.05, 0.1) is 30.0 Å². The van der Waals surface area contributed by atoms with Gasteiger partial charge in [0.2, 0.25) is 0 Å². The third kappa shape index (κ3) is 7.00. The zero-order valence-corrected chi connectivity index (χ0v) is 26.7. The number of aromatic amines is 1. The molecule has 4 heterocycles. The van der Waals surface area contributed by atoms with Crippen molar-refractivity contribution in [3.05, 3.63) is 59.5 Å². The number of nitrogens with one attached hydrogen (secondary N) is 1. The predicted octanol–water partition coefficient (Wildman–Crippen LogP) is 6.83. The summed E-state index contributed by atoms with van der Waals surface area (Å²) in [5, 5.41) is 8.94. The number of likely N-dealkylation sites (tertiary alicyclic amines) is 1. The van der Waals surface area contributed by atoms with Gasteiger partial charge in [0.1, 0.15) is 22.7 Å². The van der Waals surface area contributed by atoms with Gasteiger partial charge in [0.15, 0.2) is 11.5 Å². The Balaban J connectivity index is 1.33. The first-order valence-electron chi connectivity index (χ1n) is 15.9. The maximum atomic E-state index is 16.0. The molecule has 1 saturated heterocycles. The van der Waals surface area contributed by atoms with Gasteiger partial charge in [-0.05, 0) is 56.0 Å². The number of aliphatic carboxylic acids is 1. The molecule has 0 unspecified atom stereocenters. The second kappa shape index (κ2) is 13.0. The lowest BCUT2D eigenvalue weighted by Crippen LogP contribution is -2.44. The highest BCUT2D eigenvalue weighted by molar-refractivity contribution is 5.91. The van der Waals surface area contributed by atoms with Gasteiger partial charge < -0.3 is 24.6 Å². The average Bonchev–Trinajstić information content (AvgIpc) is 3.47. The minimum Gasteiger partial charge on any atom is -0.481 e. The minimum atomic E-state index is -4.75. The molecule has 1 aliphatic heterocycles. The van der Waals surface area contributed by atoms with Gasteiger partial charge in [0.25, 0.3) is 0 Å². The number of alkyl halides is 4. The van der Waals surface area contributed by atoms with Crippen LogP contribution in [-0.4, -0.2) is 82.9 Å². The van der Waals surface area contributed by atoms with Crippen molar-refractivity contribution in [2.24, 2.45) is 5.41 Å². The van der Waals surface area contributed by atoms with E-state index in [9.17, 15) is 22.4 Å². The number of H-pyrrole nitrogens is 1. The first-order valence-corrected chi connectivity index (χ1v) is 15.9. The Morgan fingerprint density at radius 3 is 2.44 bits per heavy atom. The number of carboxylic acids is 1. The van der Waals surface area contributed by atoms with Crippen LogP contribution in [0.1, 0.15) is 49.7 Å². The van der Waals surface area contributed by atoms with Crippen LogP contribution in [0.15, 0.2) is 42.6 Å². The summed E-state index contributed by atoms with van der Waals surface area (Å²) in [5.41, 5.74) is -0.555. The van der Waals surface area contributed by atoms with E-state index in [1.54, 1.807) is 25.3 Å². The number of aromatic nitrogens is 4. The number of anilines is 1. The molecule has 14 heteroatoms. The molecule has 1 aromatic carbocycles. The fourth-order valence-corrected chi connectivity index (χ4v) is 6.83. The van der Waals surface area contributed by atoms with Crippen molar-refractivity contribution < 1.29 is 36.6 Å². The predicted molar refractivity (Wildman–Crippen MR) is 170 cm³/mol. The number of rotatable bonds is 11. The molecule has 0 bridgehead atoms. The Kier molecular flexibility index (Phi) is 9.16. The summed E-state index contributed by atoms with van der Waals surface area (Å²) in [6, 6.07) is 7.28. The minimum absolute atomic E-state index is 0.00571. The summed E-state index contributed by atoms with van der Waals surface area (Å²) >= 11 is 0. The molecule has 2 aliphatic rings. The van der Waals surface area contributed by atoms with E-state index < -0.39 is 29.2 Å². The molecule has 0 radical (unpaired) electrons. The number of carbonyl (C=O) groups is 1. The number of benzene rings is 1. The zero-order chi connectivity index (χ0) is 34.3. The lowest BCUT2D eigenvalue weighted by molar-refractivity contribution is -0.138. The van der Waals surface area contributed by atoms with E-state index >= 15 is 4.39 Å². The number of methoxy groups -OCH3 is 1. The molecule has 1 aliphatic carbocycles. The Morgan fingerprint density at radius 1 is 1.08 bits per heavy atom. The van der Waals surface area contributed by atoms with Crippen molar-refractivity contribution in [3.8, 4) is 22.8 Å². The van der Waals surface area contributed by atoms with Gasteiger partial charge in [-0.15, -0.1) is 0 Å². The van der Waals surface area contributed by atoms with E-state index in [2.05, 4.69) is 19.9 Å². The highest BCUT2D eigenvalue weighted by Gasteiger charge is 2.39. The number of ether oxygens (including phenoxy) is 1. The highest BCUT2D eigenvalue weighted by Crippen LogP contribution is 2.44. The average molecular weight is 673 g/mol. The van der Waals surface area contributed by atoms with Gasteiger partial charge in [-0.2, -0.15) is 13.2 Å². The quantitative estimate of drug-likeness (QED) is 0.167. The Labute approximate surface area is 274 Å². The van der Waals surface area contributed by atoms with E-state index in [-0.39, 0.29) is 41.6 Å². The van der Waals surface area contributed by atoms with Gasteiger partial charge >= 0.3 is 12.1 Å². The summed E-state index contributed by atoms with van der Waals surface area (Å²) in [6.45, 7) is 2.39. The molecule has 0 amide bonds. The van der Waals surface area contributed by atoms with Crippen molar-refractivity contribution in [3.63, 3.8) is 0 Å². The SMILES string of the molecule is COCC1(CN(C)c2cc(-c3cc(F)cc(C(F)(F)F)c3)nc3nc(-c4ccc(C5(F)CCN(CCC(=O)O)CC5)cn4)[nH]c23)CCC1. The molecule has 0 atom stereocenters. The summed E-state index contributed by atoms with van der Waals surface area (Å²) in [7, 11) is 3.53. The largest absolute Gasteiger partial charge is 0.481 e. The van der Waals surface area contributed by atoms with Crippen molar-refractivity contribution in [2.75, 3.05) is 51.8 Å². The van der Waals surface area contributed by atoms with Crippen molar-refractivity contribution >= 4 is 22.8 Å². The second-order valence-corrected chi connectivity index (χ2v) is 13.1. The summed E-state index contributed by atoms with van der Waals surface area (Å²) in [5.74, 6) is -1.59. The fraction of sp³-hybridized carbons (Fsp3) is 0.471. The van der Waals surface area contributed by atoms with Crippen LogP contribution >= 0.6 is 0 Å². The van der Waals surface area contributed by atoms with E-state index in [1.807, 2.05) is 16.8 Å². The Morgan fingerprint density at radius 2 is 1.83 bits per heavy atom. The molecule has 3 aromatic heterocycles. The van der Waals surface area contributed by atoms with Crippen LogP contribution in [0.25, 0.3) is 33.9 Å². The maximum absolute atomic E-state index is 16.0. The van der Waals surface area contributed by atoms with Crippen LogP contribution in [0.4, 0.5) is 27.6 Å². The van der Waals surface area contributed by atoms with Gasteiger partial charge in [-0.25, -0.2) is 18.7 Å². The molecule has 9 nitrogen and oxygen atoms in total. The normalized spacial score (nSPS) is 17.7. The first-order chi connectivity index (χ1) is 22.8. The summed E-state index contributed by atoms with van der Waals surface area (Å²) < 4.78 is 76.7. The molecule has 1 saturated carbocycles. The number of hydrogen-bond donors (Lipinski definition) is 2. The number of fused-ring (bicyclic) bond motifs is 1. The number of imidazole rings is 1. The topological polar surface area (TPSA) is 107 Å². The zero-order valence-electron chi connectivity index (χ0n) is 26.7. The number of pyridine rings is 2. The monoisotopic (exact) mass is 672 g/mol. The van der Waals surface area contributed by atoms with Crippen molar-refractivity contribution in [2.45, 2.75) is 50.4 Å². The van der Waals surface area contributed by atoms with Gasteiger partial charge in [0, 0.05) is 63.1 Å². The summed E-state index contributed by atoms with van der Waals surface area (Å²) in [6.07, 6.45) is 0.144.